The molecule has 26 heavy (non-hydrogen) atoms. The Kier molecular flexibility index (Phi) is 5.63. The monoisotopic (exact) mass is 353 g/mol. The maximum absolute atomic E-state index is 12.9. The number of ether oxygens (including phenoxy) is 1. The first-order valence-electron chi connectivity index (χ1n) is 8.83. The van der Waals surface area contributed by atoms with Crippen LogP contribution < -0.4 is 10.8 Å². The molecule has 1 aromatic carbocycles. The van der Waals surface area contributed by atoms with Crippen molar-refractivity contribution in [3.63, 3.8) is 0 Å². The summed E-state index contributed by atoms with van der Waals surface area (Å²) < 4.78 is 6.91. The Bertz CT molecular complexity index is 864. The van der Waals surface area contributed by atoms with Crippen LogP contribution in [0.2, 0.25) is 0 Å². The van der Waals surface area contributed by atoms with Gasteiger partial charge in [0.25, 0.3) is 11.8 Å². The van der Waals surface area contributed by atoms with Gasteiger partial charge in [0.05, 0.1) is 0 Å². The van der Waals surface area contributed by atoms with Crippen LogP contribution in [0.5, 0.6) is 0 Å². The Hall–Kier alpha value is -2.73. The average Bonchev–Trinajstić information content (AvgIpc) is 3.16. The van der Waals surface area contributed by atoms with Crippen molar-refractivity contribution < 1.29 is 14.3 Å². The standard InChI is InChI=1S/C20H23N3O3/c1-14(2)21-18-10-3-4-11-23(18)20(25)15-7-5-8-16(13-15)22-19(24)17-9-6-12-26-17/h3-5,7-8,10-11,13-14,17H,6,9,12H2,1-2H3,(H,22,24)/t17-/m1/s1. The number of anilines is 1. The summed E-state index contributed by atoms with van der Waals surface area (Å²) in [7, 11) is 0. The fourth-order valence-corrected chi connectivity index (χ4v) is 2.85. The molecule has 1 aliphatic rings. The van der Waals surface area contributed by atoms with Crippen molar-refractivity contribution >= 4 is 17.5 Å². The van der Waals surface area contributed by atoms with Crippen molar-refractivity contribution in [2.45, 2.75) is 38.8 Å². The normalized spacial score (nSPS) is 17.5. The lowest BCUT2D eigenvalue weighted by Gasteiger charge is -2.12. The number of pyridine rings is 1. The third-order valence-corrected chi connectivity index (χ3v) is 4.05. The predicted molar refractivity (Wildman–Crippen MR) is 98.9 cm³/mol. The van der Waals surface area contributed by atoms with Crippen LogP contribution in [0.25, 0.3) is 0 Å². The van der Waals surface area contributed by atoms with Crippen molar-refractivity contribution in [3.05, 3.63) is 59.7 Å². The minimum Gasteiger partial charge on any atom is -0.368 e. The van der Waals surface area contributed by atoms with E-state index in [-0.39, 0.29) is 17.9 Å². The van der Waals surface area contributed by atoms with Gasteiger partial charge in [0.15, 0.2) is 0 Å². The maximum atomic E-state index is 12.9. The van der Waals surface area contributed by atoms with Crippen LogP contribution in [0.4, 0.5) is 5.69 Å². The van der Waals surface area contributed by atoms with Gasteiger partial charge >= 0.3 is 0 Å². The molecule has 136 valence electrons. The number of hydrogen-bond donors (Lipinski definition) is 1. The van der Waals surface area contributed by atoms with E-state index in [1.807, 2.05) is 19.9 Å². The van der Waals surface area contributed by atoms with Gasteiger partial charge in [-0.3, -0.25) is 19.1 Å². The van der Waals surface area contributed by atoms with Crippen molar-refractivity contribution in [2.75, 3.05) is 11.9 Å². The third kappa shape index (κ3) is 4.26. The van der Waals surface area contributed by atoms with Gasteiger partial charge in [0, 0.05) is 30.1 Å². The molecule has 2 heterocycles. The van der Waals surface area contributed by atoms with E-state index in [2.05, 4.69) is 10.3 Å². The van der Waals surface area contributed by atoms with E-state index in [0.29, 0.717) is 23.3 Å². The lowest BCUT2D eigenvalue weighted by molar-refractivity contribution is -0.124. The number of nitrogens with one attached hydrogen (secondary N) is 1. The number of amides is 1. The first kappa shape index (κ1) is 18.1. The molecule has 3 rings (SSSR count). The second-order valence-corrected chi connectivity index (χ2v) is 6.53. The lowest BCUT2D eigenvalue weighted by atomic mass is 10.1. The molecule has 1 atom stereocenters. The Labute approximate surface area is 152 Å². The zero-order chi connectivity index (χ0) is 18.5. The maximum Gasteiger partial charge on any atom is 0.263 e. The summed E-state index contributed by atoms with van der Waals surface area (Å²) in [6.07, 6.45) is 2.91. The highest BCUT2D eigenvalue weighted by molar-refractivity contribution is 5.99. The summed E-state index contributed by atoms with van der Waals surface area (Å²) in [6, 6.07) is 12.4. The smallest absolute Gasteiger partial charge is 0.263 e. The number of carbonyl (C=O) groups is 2. The molecule has 1 aromatic heterocycles. The van der Waals surface area contributed by atoms with Crippen molar-refractivity contribution in [2.24, 2.45) is 4.99 Å². The van der Waals surface area contributed by atoms with Gasteiger partial charge in [-0.2, -0.15) is 0 Å². The van der Waals surface area contributed by atoms with E-state index in [0.717, 1.165) is 12.8 Å². The van der Waals surface area contributed by atoms with Crippen LogP contribution in [0.1, 0.15) is 37.0 Å². The Morgan fingerprint density at radius 1 is 1.23 bits per heavy atom. The molecule has 6 heteroatoms. The SMILES string of the molecule is CC(C)N=c1ccccn1C(=O)c1cccc(NC(=O)[C@H]2CCCO2)c1. The van der Waals surface area contributed by atoms with Gasteiger partial charge in [0.2, 0.25) is 0 Å². The molecule has 0 unspecified atom stereocenters. The van der Waals surface area contributed by atoms with Gasteiger partial charge in [-0.15, -0.1) is 0 Å². The second-order valence-electron chi connectivity index (χ2n) is 6.53. The number of hydrogen-bond acceptors (Lipinski definition) is 4. The van der Waals surface area contributed by atoms with Crippen LogP contribution in [-0.2, 0) is 9.53 Å². The van der Waals surface area contributed by atoms with E-state index in [1.165, 1.54) is 4.57 Å². The van der Waals surface area contributed by atoms with Gasteiger partial charge in [-0.1, -0.05) is 12.1 Å². The molecule has 1 aliphatic heterocycles. The van der Waals surface area contributed by atoms with Crippen LogP contribution in [0, 0.1) is 0 Å². The second kappa shape index (κ2) is 8.10. The molecule has 1 fully saturated rings. The molecule has 0 bridgehead atoms. The summed E-state index contributed by atoms with van der Waals surface area (Å²) in [5.41, 5.74) is 1.66. The van der Waals surface area contributed by atoms with Gasteiger partial charge in [-0.05, 0) is 57.0 Å². The number of benzene rings is 1. The van der Waals surface area contributed by atoms with Crippen molar-refractivity contribution in [1.82, 2.24) is 4.57 Å². The minimum atomic E-state index is -0.408. The minimum absolute atomic E-state index is 0.0773. The van der Waals surface area contributed by atoms with Crippen molar-refractivity contribution in [1.29, 1.82) is 0 Å². The molecular weight excluding hydrogens is 330 g/mol. The molecule has 1 amide bonds. The highest BCUT2D eigenvalue weighted by Gasteiger charge is 2.23. The van der Waals surface area contributed by atoms with Gasteiger partial charge < -0.3 is 10.1 Å². The summed E-state index contributed by atoms with van der Waals surface area (Å²) in [5, 5.41) is 2.83. The number of rotatable bonds is 4. The Morgan fingerprint density at radius 2 is 2.08 bits per heavy atom. The molecule has 2 aromatic rings. The third-order valence-electron chi connectivity index (χ3n) is 4.05. The molecule has 0 radical (unpaired) electrons. The quantitative estimate of drug-likeness (QED) is 0.918. The Morgan fingerprint density at radius 3 is 2.81 bits per heavy atom. The summed E-state index contributed by atoms with van der Waals surface area (Å²) in [4.78, 5) is 29.6. The molecule has 1 saturated heterocycles. The number of carbonyl (C=O) groups excluding carboxylic acids is 2. The molecule has 1 N–H and O–H groups in total. The Balaban J connectivity index is 1.84. The van der Waals surface area contributed by atoms with Crippen LogP contribution in [0.3, 0.4) is 0 Å². The van der Waals surface area contributed by atoms with Gasteiger partial charge in [-0.25, -0.2) is 0 Å². The van der Waals surface area contributed by atoms with E-state index in [4.69, 9.17) is 4.74 Å². The summed E-state index contributed by atoms with van der Waals surface area (Å²) >= 11 is 0. The topological polar surface area (TPSA) is 72.7 Å². The van der Waals surface area contributed by atoms with Gasteiger partial charge in [0.1, 0.15) is 11.6 Å². The fraction of sp³-hybridized carbons (Fsp3) is 0.350. The van der Waals surface area contributed by atoms with E-state index in [9.17, 15) is 9.59 Å². The average molecular weight is 353 g/mol. The van der Waals surface area contributed by atoms with Crippen molar-refractivity contribution in [3.8, 4) is 0 Å². The molecular formula is C20H23N3O3. The predicted octanol–water partition coefficient (Wildman–Crippen LogP) is 2.60. The van der Waals surface area contributed by atoms with E-state index < -0.39 is 6.10 Å². The van der Waals surface area contributed by atoms with E-state index >= 15 is 0 Å². The molecule has 0 spiro atoms. The molecule has 0 aliphatic carbocycles. The largest absolute Gasteiger partial charge is 0.368 e. The van der Waals surface area contributed by atoms with Crippen LogP contribution in [0.15, 0.2) is 53.7 Å². The van der Waals surface area contributed by atoms with Crippen LogP contribution in [-0.4, -0.2) is 35.1 Å². The molecule has 6 nitrogen and oxygen atoms in total. The van der Waals surface area contributed by atoms with Crippen LogP contribution >= 0.6 is 0 Å². The number of aromatic nitrogens is 1. The highest BCUT2D eigenvalue weighted by atomic mass is 16.5. The summed E-state index contributed by atoms with van der Waals surface area (Å²) in [6.45, 7) is 4.54. The number of nitrogens with zero attached hydrogens (tertiary/aromatic N) is 2. The zero-order valence-electron chi connectivity index (χ0n) is 15.0. The first-order chi connectivity index (χ1) is 12.5. The van der Waals surface area contributed by atoms with E-state index in [1.54, 1.807) is 42.6 Å². The highest BCUT2D eigenvalue weighted by Crippen LogP contribution is 2.16. The fourth-order valence-electron chi connectivity index (χ4n) is 2.85. The summed E-state index contributed by atoms with van der Waals surface area (Å²) in [5.74, 6) is -0.367. The zero-order valence-corrected chi connectivity index (χ0v) is 15.0. The molecule has 0 saturated carbocycles. The first-order valence-corrected chi connectivity index (χ1v) is 8.83. The lowest BCUT2D eigenvalue weighted by Crippen LogP contribution is -2.29.